The lowest BCUT2D eigenvalue weighted by Gasteiger charge is -2.47. The maximum atomic E-state index is 14.3. The van der Waals surface area contributed by atoms with Crippen molar-refractivity contribution in [1.29, 1.82) is 0 Å². The lowest BCUT2D eigenvalue weighted by Crippen LogP contribution is -2.52. The zero-order chi connectivity index (χ0) is 30.9. The first-order chi connectivity index (χ1) is 21.0. The summed E-state index contributed by atoms with van der Waals surface area (Å²) in [6.07, 6.45) is -7.63. The summed E-state index contributed by atoms with van der Waals surface area (Å²) >= 11 is 0. The van der Waals surface area contributed by atoms with Crippen molar-refractivity contribution in [3.63, 3.8) is 0 Å². The van der Waals surface area contributed by atoms with Crippen LogP contribution in [0.1, 0.15) is 45.3 Å². The van der Waals surface area contributed by atoms with Crippen molar-refractivity contribution in [3.8, 4) is 0 Å². The summed E-state index contributed by atoms with van der Waals surface area (Å²) in [5, 5.41) is 15.3. The van der Waals surface area contributed by atoms with Crippen LogP contribution in [0, 0.1) is 5.41 Å². The Balaban J connectivity index is 1.55. The molecule has 0 unspecified atom stereocenters. The lowest BCUT2D eigenvalue weighted by molar-refractivity contribution is -0.150. The third-order valence-corrected chi connectivity index (χ3v) is 8.30. The first-order valence-corrected chi connectivity index (χ1v) is 13.4. The van der Waals surface area contributed by atoms with Gasteiger partial charge in [-0.05, 0) is 47.5 Å². The summed E-state index contributed by atoms with van der Waals surface area (Å²) in [6, 6.07) is 20.0. The minimum atomic E-state index is -4.61. The largest absolute Gasteiger partial charge is 0.416 e. The van der Waals surface area contributed by atoms with E-state index >= 15 is 0 Å². The van der Waals surface area contributed by atoms with Crippen LogP contribution in [0.2, 0.25) is 0 Å². The average molecular weight is 607 g/mol. The van der Waals surface area contributed by atoms with E-state index in [0.29, 0.717) is 38.8 Å². The van der Waals surface area contributed by atoms with E-state index in [1.165, 1.54) is 24.3 Å². The Morgan fingerprint density at radius 1 is 0.750 bits per heavy atom. The lowest BCUT2D eigenvalue weighted by atomic mass is 9.57. The van der Waals surface area contributed by atoms with Gasteiger partial charge in [0.2, 0.25) is 0 Å². The summed E-state index contributed by atoms with van der Waals surface area (Å²) < 4.78 is 81.4. The Bertz CT molecular complexity index is 1920. The maximum absolute atomic E-state index is 14.3. The third kappa shape index (κ3) is 4.15. The molecule has 5 aromatic rings. The fourth-order valence-electron chi connectivity index (χ4n) is 6.36. The van der Waals surface area contributed by atoms with Gasteiger partial charge in [-0.1, -0.05) is 59.8 Å². The number of hydrogen-bond acceptors (Lipinski definition) is 5. The second-order valence-corrected chi connectivity index (χ2v) is 10.7. The number of oxime groups is 1. The second-order valence-electron chi connectivity index (χ2n) is 10.7. The Morgan fingerprint density at radius 3 is 1.98 bits per heavy atom. The van der Waals surface area contributed by atoms with Crippen LogP contribution >= 0.6 is 0 Å². The molecule has 3 heterocycles. The molecule has 0 amide bonds. The molecule has 0 aliphatic carbocycles. The summed E-state index contributed by atoms with van der Waals surface area (Å²) in [7, 11) is 0. The molecule has 12 heteroatoms. The molecule has 2 aliphatic heterocycles. The zero-order valence-corrected chi connectivity index (χ0v) is 22.4. The van der Waals surface area contributed by atoms with E-state index < -0.39 is 46.8 Å². The standard InChI is InChI=1S/C32H20F6N4O2/c33-31(34,35)21-11-6-17(7-12-21)25-24-23(15-10-20-16-39-41-26(20)24)40-27(19-8-13-22(14-9-19)32(36,37)38)30(25)28(42-44-29(30)43)18-4-2-1-3-5-18/h1-16,25,27,40H,(H,39,41)/t25-,27-,30-/m0/s1. The summed E-state index contributed by atoms with van der Waals surface area (Å²) in [5.41, 5.74) is -0.674. The van der Waals surface area contributed by atoms with E-state index in [-0.39, 0.29) is 5.71 Å². The topological polar surface area (TPSA) is 79.4 Å². The van der Waals surface area contributed by atoms with Gasteiger partial charge in [-0.25, -0.2) is 4.79 Å². The highest BCUT2D eigenvalue weighted by atomic mass is 19.4. The SMILES string of the molecule is O=C1ON=C(c2ccccc2)[C@@]12[C@@H](c1ccc(C(F)(F)F)cc1)c1c(ccc3cn[nH]c13)N[C@H]2c1ccc(C(F)(F)F)cc1. The van der Waals surface area contributed by atoms with Crippen LogP contribution in [0.15, 0.2) is 102 Å². The number of hydrogen-bond donors (Lipinski definition) is 2. The number of anilines is 1. The highest BCUT2D eigenvalue weighted by molar-refractivity contribution is 6.20. The van der Waals surface area contributed by atoms with Crippen molar-refractivity contribution in [2.45, 2.75) is 24.3 Å². The molecule has 0 bridgehead atoms. The van der Waals surface area contributed by atoms with E-state index in [2.05, 4.69) is 20.7 Å². The van der Waals surface area contributed by atoms with Gasteiger partial charge in [0.1, 0.15) is 5.71 Å². The van der Waals surface area contributed by atoms with Crippen LogP contribution in [-0.2, 0) is 22.0 Å². The number of alkyl halides is 6. The molecule has 7 rings (SSSR count). The fraction of sp³-hybridized carbons (Fsp3) is 0.156. The van der Waals surface area contributed by atoms with Crippen molar-refractivity contribution >= 4 is 28.3 Å². The molecular formula is C32H20F6N4O2. The van der Waals surface area contributed by atoms with E-state index in [9.17, 15) is 31.1 Å². The number of rotatable bonds is 3. The highest BCUT2D eigenvalue weighted by Gasteiger charge is 2.64. The molecule has 1 spiro atoms. The normalized spacial score (nSPS) is 21.6. The summed E-state index contributed by atoms with van der Waals surface area (Å²) in [5.74, 6) is -1.84. The van der Waals surface area contributed by atoms with Crippen LogP contribution in [0.3, 0.4) is 0 Å². The van der Waals surface area contributed by atoms with Crippen LogP contribution in [0.5, 0.6) is 0 Å². The zero-order valence-electron chi connectivity index (χ0n) is 22.4. The average Bonchev–Trinajstić information content (AvgIpc) is 3.62. The van der Waals surface area contributed by atoms with Gasteiger partial charge in [0.15, 0.2) is 5.41 Å². The molecule has 6 nitrogen and oxygen atoms in total. The van der Waals surface area contributed by atoms with Crippen LogP contribution in [0.4, 0.5) is 32.0 Å². The predicted octanol–water partition coefficient (Wildman–Crippen LogP) is 7.85. The third-order valence-electron chi connectivity index (χ3n) is 8.30. The van der Waals surface area contributed by atoms with Crippen molar-refractivity contribution in [3.05, 3.63) is 131 Å². The molecule has 222 valence electrons. The summed E-state index contributed by atoms with van der Waals surface area (Å²) in [4.78, 5) is 19.7. The smallest absolute Gasteiger partial charge is 0.376 e. The van der Waals surface area contributed by atoms with Crippen LogP contribution in [-0.4, -0.2) is 21.9 Å². The van der Waals surface area contributed by atoms with Crippen molar-refractivity contribution in [2.75, 3.05) is 5.32 Å². The maximum Gasteiger partial charge on any atom is 0.416 e. The Labute approximate surface area is 245 Å². The van der Waals surface area contributed by atoms with Gasteiger partial charge in [-0.3, -0.25) is 5.10 Å². The Hall–Kier alpha value is -5.13. The Kier molecular flexibility index (Phi) is 6.10. The monoisotopic (exact) mass is 606 g/mol. The number of halogens is 6. The van der Waals surface area contributed by atoms with Crippen LogP contribution in [0.25, 0.3) is 10.9 Å². The van der Waals surface area contributed by atoms with E-state index in [4.69, 9.17) is 4.84 Å². The number of aromatic nitrogens is 2. The molecule has 0 fully saturated rings. The minimum Gasteiger partial charge on any atom is -0.376 e. The highest BCUT2D eigenvalue weighted by Crippen LogP contribution is 2.60. The van der Waals surface area contributed by atoms with Crippen molar-refractivity contribution in [1.82, 2.24) is 10.2 Å². The number of nitrogens with one attached hydrogen (secondary N) is 2. The van der Waals surface area contributed by atoms with Gasteiger partial charge in [-0.15, -0.1) is 0 Å². The molecule has 4 aromatic carbocycles. The first-order valence-electron chi connectivity index (χ1n) is 13.4. The molecule has 2 aliphatic rings. The van der Waals surface area contributed by atoms with E-state index in [0.717, 1.165) is 24.3 Å². The fourth-order valence-corrected chi connectivity index (χ4v) is 6.36. The van der Waals surface area contributed by atoms with Gasteiger partial charge in [-0.2, -0.15) is 31.4 Å². The number of benzene rings is 4. The van der Waals surface area contributed by atoms with Crippen molar-refractivity contribution < 1.29 is 36.0 Å². The quantitative estimate of drug-likeness (QED) is 0.162. The van der Waals surface area contributed by atoms with Gasteiger partial charge in [0.25, 0.3) is 0 Å². The number of carbonyl (C=O) groups excluding carboxylic acids is 1. The van der Waals surface area contributed by atoms with E-state index in [1.54, 1.807) is 48.7 Å². The molecule has 2 N–H and O–H groups in total. The number of carbonyl (C=O) groups is 1. The van der Waals surface area contributed by atoms with Gasteiger partial charge >= 0.3 is 18.3 Å². The molecule has 0 radical (unpaired) electrons. The molecule has 3 atom stereocenters. The molecule has 0 saturated heterocycles. The summed E-state index contributed by atoms with van der Waals surface area (Å²) in [6.45, 7) is 0. The molecule has 0 saturated carbocycles. The van der Waals surface area contributed by atoms with Gasteiger partial charge < -0.3 is 10.2 Å². The molecule has 44 heavy (non-hydrogen) atoms. The number of aromatic amines is 1. The van der Waals surface area contributed by atoms with Gasteiger partial charge in [0.05, 0.1) is 28.9 Å². The van der Waals surface area contributed by atoms with Gasteiger partial charge in [0, 0.05) is 28.1 Å². The minimum absolute atomic E-state index is 0.174. The molecule has 1 aromatic heterocycles. The van der Waals surface area contributed by atoms with Crippen molar-refractivity contribution in [2.24, 2.45) is 10.6 Å². The predicted molar refractivity (Wildman–Crippen MR) is 149 cm³/mol. The van der Waals surface area contributed by atoms with E-state index in [1.807, 2.05) is 0 Å². The van der Waals surface area contributed by atoms with Crippen LogP contribution < -0.4 is 5.32 Å². The first kappa shape index (κ1) is 27.7. The number of H-pyrrole nitrogens is 1. The Morgan fingerprint density at radius 2 is 1.36 bits per heavy atom. The number of fused-ring (bicyclic) bond motifs is 3. The molecular weight excluding hydrogens is 586 g/mol. The number of nitrogens with zero attached hydrogens (tertiary/aromatic N) is 2. The second kappa shape index (κ2) is 9.69.